The van der Waals surface area contributed by atoms with Crippen molar-refractivity contribution in [2.75, 3.05) is 20.3 Å². The molecular formula is C20H25ClNO6S2-. The van der Waals surface area contributed by atoms with Gasteiger partial charge in [0.05, 0.1) is 13.7 Å². The molecule has 0 saturated carbocycles. The molecule has 0 unspecified atom stereocenters. The molecule has 1 aromatic carbocycles. The molecule has 1 aromatic heterocycles. The van der Waals surface area contributed by atoms with Crippen LogP contribution in [0.2, 0.25) is 5.02 Å². The molecule has 7 nitrogen and oxygen atoms in total. The van der Waals surface area contributed by atoms with Gasteiger partial charge in [0.15, 0.2) is 0 Å². The van der Waals surface area contributed by atoms with Gasteiger partial charge in [-0.25, -0.2) is 13.2 Å². The number of carbonyl (C=O) groups is 1. The molecule has 0 saturated heterocycles. The minimum absolute atomic E-state index is 0.00231. The summed E-state index contributed by atoms with van der Waals surface area (Å²) in [5, 5.41) is 2.71. The summed E-state index contributed by atoms with van der Waals surface area (Å²) in [6.07, 6.45) is 2.38. The van der Waals surface area contributed by atoms with E-state index in [0.29, 0.717) is 11.4 Å². The van der Waals surface area contributed by atoms with Gasteiger partial charge in [-0.15, -0.1) is 11.3 Å². The highest BCUT2D eigenvalue weighted by atomic mass is 35.5. The Morgan fingerprint density at radius 3 is 2.70 bits per heavy atom. The predicted molar refractivity (Wildman–Crippen MR) is 115 cm³/mol. The van der Waals surface area contributed by atoms with E-state index in [2.05, 4.69) is 20.5 Å². The fraction of sp³-hybridized carbons (Fsp3) is 0.450. The Hall–Kier alpha value is -1.49. The molecule has 3 rings (SSSR count). The zero-order valence-corrected chi connectivity index (χ0v) is 19.3. The summed E-state index contributed by atoms with van der Waals surface area (Å²) in [6, 6.07) is 9.16. The number of esters is 1. The minimum Gasteiger partial charge on any atom is -0.726 e. The van der Waals surface area contributed by atoms with E-state index in [0.717, 1.165) is 31.5 Å². The molecule has 1 atom stereocenters. The van der Waals surface area contributed by atoms with E-state index in [1.165, 1.54) is 17.6 Å². The Morgan fingerprint density at radius 2 is 2.07 bits per heavy atom. The summed E-state index contributed by atoms with van der Waals surface area (Å²) in [7, 11) is -3.02. The number of thiophene rings is 1. The van der Waals surface area contributed by atoms with Crippen molar-refractivity contribution < 1.29 is 26.7 Å². The van der Waals surface area contributed by atoms with Gasteiger partial charge < -0.3 is 9.29 Å². The maximum absolute atomic E-state index is 12.3. The summed E-state index contributed by atoms with van der Waals surface area (Å²) < 4.78 is 38.1. The molecule has 0 N–H and O–H groups in total. The second kappa shape index (κ2) is 11.8. The normalized spacial score (nSPS) is 14.9. The lowest BCUT2D eigenvalue weighted by Crippen LogP contribution is -2.38. The first kappa shape index (κ1) is 24.8. The summed E-state index contributed by atoms with van der Waals surface area (Å²) in [6.45, 7) is 3.46. The molecule has 30 heavy (non-hydrogen) atoms. The first-order valence-electron chi connectivity index (χ1n) is 9.48. The number of ether oxygens (including phenoxy) is 1. The summed E-state index contributed by atoms with van der Waals surface area (Å²) in [4.78, 5) is 15.8. The molecule has 2 heterocycles. The van der Waals surface area contributed by atoms with Gasteiger partial charge in [-0.1, -0.05) is 43.1 Å². The molecule has 1 aliphatic rings. The highest BCUT2D eigenvalue weighted by molar-refractivity contribution is 7.80. The van der Waals surface area contributed by atoms with Crippen molar-refractivity contribution >= 4 is 39.3 Å². The zero-order valence-electron chi connectivity index (χ0n) is 16.9. The molecule has 10 heteroatoms. The Labute approximate surface area is 186 Å². The predicted octanol–water partition coefficient (Wildman–Crippen LogP) is 3.94. The summed E-state index contributed by atoms with van der Waals surface area (Å²) in [5.74, 6) is -0.262. The van der Waals surface area contributed by atoms with E-state index < -0.39 is 16.4 Å². The molecule has 0 bridgehead atoms. The van der Waals surface area contributed by atoms with E-state index >= 15 is 0 Å². The number of hydrogen-bond acceptors (Lipinski definition) is 8. The molecule has 2 aromatic rings. The third kappa shape index (κ3) is 7.33. The number of unbranched alkanes of at least 4 members (excludes halogenated alkanes) is 1. The van der Waals surface area contributed by atoms with E-state index in [1.54, 1.807) is 11.3 Å². The van der Waals surface area contributed by atoms with Crippen molar-refractivity contribution in [2.24, 2.45) is 0 Å². The molecule has 166 valence electrons. The maximum Gasteiger partial charge on any atom is 0.327 e. The summed E-state index contributed by atoms with van der Waals surface area (Å²) >= 11 is 8.07. The Morgan fingerprint density at radius 1 is 1.33 bits per heavy atom. The van der Waals surface area contributed by atoms with Crippen LogP contribution < -0.4 is 0 Å². The average molecular weight is 475 g/mol. The van der Waals surface area contributed by atoms with Gasteiger partial charge in [0.2, 0.25) is 10.4 Å². The van der Waals surface area contributed by atoms with Crippen LogP contribution in [0.3, 0.4) is 0 Å². The number of benzene rings is 1. The maximum atomic E-state index is 12.3. The van der Waals surface area contributed by atoms with Crippen LogP contribution in [-0.4, -0.2) is 44.1 Å². The van der Waals surface area contributed by atoms with Crippen molar-refractivity contribution in [1.29, 1.82) is 0 Å². The second-order valence-corrected chi connectivity index (χ2v) is 9.08. The van der Waals surface area contributed by atoms with Crippen LogP contribution in [0.25, 0.3) is 0 Å². The molecule has 0 fully saturated rings. The van der Waals surface area contributed by atoms with Crippen LogP contribution in [0.4, 0.5) is 0 Å². The molecule has 0 radical (unpaired) electrons. The SMILES string of the molecule is CCCCOS(=O)(=O)[O-].COC(=O)[C@H](c1ccccc1Cl)N1CCc2sccc2C1. The highest BCUT2D eigenvalue weighted by Crippen LogP contribution is 2.33. The van der Waals surface area contributed by atoms with Crippen LogP contribution in [-0.2, 0) is 37.1 Å². The Bertz CT molecular complexity index is 931. The molecule has 0 amide bonds. The molecular weight excluding hydrogens is 450 g/mol. The van der Waals surface area contributed by atoms with Gasteiger partial charge in [0.25, 0.3) is 0 Å². The number of nitrogens with zero attached hydrogens (tertiary/aromatic N) is 1. The third-order valence-electron chi connectivity index (χ3n) is 4.55. The van der Waals surface area contributed by atoms with Crippen LogP contribution in [0, 0.1) is 0 Å². The van der Waals surface area contributed by atoms with Gasteiger partial charge in [0.1, 0.15) is 6.04 Å². The third-order valence-corrected chi connectivity index (χ3v) is 6.37. The zero-order chi connectivity index (χ0) is 22.1. The van der Waals surface area contributed by atoms with Gasteiger partial charge in [-0.05, 0) is 41.5 Å². The monoisotopic (exact) mass is 474 g/mol. The topological polar surface area (TPSA) is 96.0 Å². The average Bonchev–Trinajstić information content (AvgIpc) is 3.17. The first-order valence-corrected chi connectivity index (χ1v) is 12.1. The standard InChI is InChI=1S/C16H16ClNO2S.C4H10O4S/c1-20-16(19)15(12-4-2-3-5-13(12)17)18-8-6-14-11(10-18)7-9-21-14;1-2-3-4-8-9(5,6)7/h2-5,7,9,15H,6,8,10H2,1H3;2-4H2,1H3,(H,5,6,7)/p-1/t15-;/m0./s1. The van der Waals surface area contributed by atoms with Crippen molar-refractivity contribution in [3.63, 3.8) is 0 Å². The largest absolute Gasteiger partial charge is 0.726 e. The van der Waals surface area contributed by atoms with Gasteiger partial charge in [0, 0.05) is 23.0 Å². The van der Waals surface area contributed by atoms with Gasteiger partial charge in [-0.3, -0.25) is 9.08 Å². The number of halogens is 1. The van der Waals surface area contributed by atoms with Crippen LogP contribution in [0.15, 0.2) is 35.7 Å². The Kier molecular flexibility index (Phi) is 9.73. The van der Waals surface area contributed by atoms with Crippen molar-refractivity contribution in [3.05, 3.63) is 56.7 Å². The van der Waals surface area contributed by atoms with Crippen molar-refractivity contribution in [2.45, 2.75) is 38.8 Å². The first-order chi connectivity index (χ1) is 14.3. The number of methoxy groups -OCH3 is 1. The number of fused-ring (bicyclic) bond motifs is 1. The van der Waals surface area contributed by atoms with Crippen LogP contribution in [0.5, 0.6) is 0 Å². The number of hydrogen-bond donors (Lipinski definition) is 0. The molecule has 1 aliphatic heterocycles. The number of rotatable bonds is 7. The fourth-order valence-electron chi connectivity index (χ4n) is 3.08. The lowest BCUT2D eigenvalue weighted by molar-refractivity contribution is -0.147. The Balaban J connectivity index is 0.000000303. The van der Waals surface area contributed by atoms with E-state index in [4.69, 9.17) is 16.3 Å². The van der Waals surface area contributed by atoms with Crippen molar-refractivity contribution in [1.82, 2.24) is 4.90 Å². The minimum atomic E-state index is -4.45. The fourth-order valence-corrected chi connectivity index (χ4v) is 4.53. The second-order valence-electron chi connectivity index (χ2n) is 6.62. The lowest BCUT2D eigenvalue weighted by atomic mass is 10.0. The van der Waals surface area contributed by atoms with E-state index in [-0.39, 0.29) is 12.6 Å². The van der Waals surface area contributed by atoms with Gasteiger partial charge in [-0.2, -0.15) is 0 Å². The van der Waals surface area contributed by atoms with E-state index in [1.807, 2.05) is 31.2 Å². The number of carbonyl (C=O) groups excluding carboxylic acids is 1. The van der Waals surface area contributed by atoms with Gasteiger partial charge >= 0.3 is 5.97 Å². The molecule has 0 aliphatic carbocycles. The van der Waals surface area contributed by atoms with E-state index in [9.17, 15) is 17.8 Å². The highest BCUT2D eigenvalue weighted by Gasteiger charge is 2.32. The van der Waals surface area contributed by atoms with Crippen LogP contribution in [0.1, 0.15) is 41.8 Å². The lowest BCUT2D eigenvalue weighted by Gasteiger charge is -2.33. The van der Waals surface area contributed by atoms with Crippen LogP contribution >= 0.6 is 22.9 Å². The summed E-state index contributed by atoms with van der Waals surface area (Å²) in [5.41, 5.74) is 2.11. The molecule has 0 spiro atoms. The smallest absolute Gasteiger partial charge is 0.327 e. The quantitative estimate of drug-likeness (QED) is 0.259. The van der Waals surface area contributed by atoms with Crippen molar-refractivity contribution in [3.8, 4) is 0 Å².